The highest BCUT2D eigenvalue weighted by Crippen LogP contribution is 2.29. The SMILES string of the molecule is CC/C(=C\Cc1c(OC)cccc1OC)CO. The zero-order chi connectivity index (χ0) is 12.7. The molecule has 0 bridgehead atoms. The number of methoxy groups -OCH3 is 2. The Kier molecular flexibility index (Phi) is 5.57. The van der Waals surface area contributed by atoms with Crippen molar-refractivity contribution in [1.82, 2.24) is 0 Å². The van der Waals surface area contributed by atoms with Crippen molar-refractivity contribution in [3.8, 4) is 11.5 Å². The van der Waals surface area contributed by atoms with Crippen LogP contribution in [-0.2, 0) is 6.42 Å². The maximum absolute atomic E-state index is 9.13. The van der Waals surface area contributed by atoms with Crippen LogP contribution in [0.2, 0.25) is 0 Å². The molecule has 0 spiro atoms. The van der Waals surface area contributed by atoms with Crippen molar-refractivity contribution in [3.05, 3.63) is 35.4 Å². The van der Waals surface area contributed by atoms with E-state index in [1.165, 1.54) is 0 Å². The summed E-state index contributed by atoms with van der Waals surface area (Å²) in [4.78, 5) is 0. The Bertz CT molecular complexity index is 355. The third kappa shape index (κ3) is 3.49. The topological polar surface area (TPSA) is 38.7 Å². The normalized spacial score (nSPS) is 11.4. The van der Waals surface area contributed by atoms with Gasteiger partial charge in [-0.2, -0.15) is 0 Å². The maximum atomic E-state index is 9.13. The minimum atomic E-state index is 0.105. The molecule has 0 aliphatic carbocycles. The van der Waals surface area contributed by atoms with E-state index in [1.54, 1.807) is 14.2 Å². The summed E-state index contributed by atoms with van der Waals surface area (Å²) in [6, 6.07) is 5.73. The second kappa shape index (κ2) is 6.97. The predicted octanol–water partition coefficient (Wildman–Crippen LogP) is 2.58. The molecule has 0 radical (unpaired) electrons. The summed E-state index contributed by atoms with van der Waals surface area (Å²) in [5.41, 5.74) is 2.04. The molecule has 0 aromatic heterocycles. The summed E-state index contributed by atoms with van der Waals surface area (Å²) in [6.45, 7) is 2.13. The Hall–Kier alpha value is -1.48. The van der Waals surface area contributed by atoms with Gasteiger partial charge in [-0.3, -0.25) is 0 Å². The van der Waals surface area contributed by atoms with E-state index in [-0.39, 0.29) is 6.61 Å². The Balaban J connectivity index is 2.99. The predicted molar refractivity (Wildman–Crippen MR) is 68.7 cm³/mol. The van der Waals surface area contributed by atoms with Gasteiger partial charge in [0.1, 0.15) is 11.5 Å². The highest BCUT2D eigenvalue weighted by atomic mass is 16.5. The number of ether oxygens (including phenoxy) is 2. The first-order chi connectivity index (χ1) is 8.26. The first kappa shape index (κ1) is 13.6. The third-order valence-electron chi connectivity index (χ3n) is 2.78. The molecule has 0 aliphatic rings. The lowest BCUT2D eigenvalue weighted by Crippen LogP contribution is -1.97. The van der Waals surface area contributed by atoms with E-state index < -0.39 is 0 Å². The largest absolute Gasteiger partial charge is 0.496 e. The standard InChI is InChI=1S/C14H20O3/c1-4-11(10-15)8-9-12-13(16-2)6-5-7-14(12)17-3/h5-8,15H,4,9-10H2,1-3H3/b11-8+. The second-order valence-electron chi connectivity index (χ2n) is 3.72. The molecule has 0 amide bonds. The van der Waals surface area contributed by atoms with Crippen LogP contribution in [0.1, 0.15) is 18.9 Å². The molecule has 0 fully saturated rings. The van der Waals surface area contributed by atoms with Crippen LogP contribution in [0.25, 0.3) is 0 Å². The van der Waals surface area contributed by atoms with Crippen molar-refractivity contribution in [2.75, 3.05) is 20.8 Å². The van der Waals surface area contributed by atoms with Gasteiger partial charge in [0, 0.05) is 5.56 Å². The monoisotopic (exact) mass is 236 g/mol. The van der Waals surface area contributed by atoms with Gasteiger partial charge in [-0.15, -0.1) is 0 Å². The molecule has 0 aliphatic heterocycles. The molecule has 0 atom stereocenters. The van der Waals surface area contributed by atoms with Gasteiger partial charge in [-0.1, -0.05) is 19.1 Å². The van der Waals surface area contributed by atoms with Crippen molar-refractivity contribution in [3.63, 3.8) is 0 Å². The molecule has 1 rings (SSSR count). The van der Waals surface area contributed by atoms with Crippen LogP contribution < -0.4 is 9.47 Å². The van der Waals surface area contributed by atoms with Crippen molar-refractivity contribution < 1.29 is 14.6 Å². The minimum Gasteiger partial charge on any atom is -0.496 e. The van der Waals surface area contributed by atoms with E-state index >= 15 is 0 Å². The Labute approximate surface area is 103 Å². The number of rotatable bonds is 6. The number of benzene rings is 1. The molecule has 1 aromatic rings. The first-order valence-corrected chi connectivity index (χ1v) is 5.75. The summed E-state index contributed by atoms with van der Waals surface area (Å²) in [7, 11) is 3.30. The average molecular weight is 236 g/mol. The van der Waals surface area contributed by atoms with Crippen LogP contribution in [-0.4, -0.2) is 25.9 Å². The lowest BCUT2D eigenvalue weighted by molar-refractivity contribution is 0.327. The molecule has 17 heavy (non-hydrogen) atoms. The van der Waals surface area contributed by atoms with E-state index in [9.17, 15) is 0 Å². The van der Waals surface area contributed by atoms with E-state index in [2.05, 4.69) is 0 Å². The van der Waals surface area contributed by atoms with Crippen LogP contribution in [0.3, 0.4) is 0 Å². The van der Waals surface area contributed by atoms with Gasteiger partial charge < -0.3 is 14.6 Å². The molecular formula is C14H20O3. The molecule has 3 nitrogen and oxygen atoms in total. The maximum Gasteiger partial charge on any atom is 0.126 e. The fourth-order valence-electron chi connectivity index (χ4n) is 1.70. The Morgan fingerprint density at radius 2 is 1.82 bits per heavy atom. The highest BCUT2D eigenvalue weighted by molar-refractivity contribution is 5.46. The molecule has 3 heteroatoms. The van der Waals surface area contributed by atoms with Crippen LogP contribution in [0.5, 0.6) is 11.5 Å². The zero-order valence-corrected chi connectivity index (χ0v) is 10.7. The van der Waals surface area contributed by atoms with Crippen molar-refractivity contribution in [2.24, 2.45) is 0 Å². The molecule has 1 N–H and O–H groups in total. The number of allylic oxidation sites excluding steroid dienone is 1. The molecular weight excluding hydrogens is 216 g/mol. The minimum absolute atomic E-state index is 0.105. The van der Waals surface area contributed by atoms with Crippen LogP contribution in [0, 0.1) is 0 Å². The number of aliphatic hydroxyl groups excluding tert-OH is 1. The van der Waals surface area contributed by atoms with E-state index in [1.807, 2.05) is 31.2 Å². The summed E-state index contributed by atoms with van der Waals surface area (Å²) < 4.78 is 10.6. The smallest absolute Gasteiger partial charge is 0.126 e. The lowest BCUT2D eigenvalue weighted by atomic mass is 10.1. The summed E-state index contributed by atoms with van der Waals surface area (Å²) >= 11 is 0. The van der Waals surface area contributed by atoms with E-state index in [4.69, 9.17) is 14.6 Å². The number of hydrogen-bond acceptors (Lipinski definition) is 3. The number of hydrogen-bond donors (Lipinski definition) is 1. The fourth-order valence-corrected chi connectivity index (χ4v) is 1.70. The Morgan fingerprint density at radius 1 is 1.24 bits per heavy atom. The molecule has 1 aromatic carbocycles. The van der Waals surface area contributed by atoms with Gasteiger partial charge in [0.15, 0.2) is 0 Å². The first-order valence-electron chi connectivity index (χ1n) is 5.75. The zero-order valence-electron chi connectivity index (χ0n) is 10.7. The van der Waals surface area contributed by atoms with Gasteiger partial charge in [0.05, 0.1) is 20.8 Å². The highest BCUT2D eigenvalue weighted by Gasteiger charge is 2.08. The molecule has 0 unspecified atom stereocenters. The molecule has 0 saturated heterocycles. The summed E-state index contributed by atoms with van der Waals surface area (Å²) in [5, 5.41) is 9.13. The van der Waals surface area contributed by atoms with Crippen LogP contribution >= 0.6 is 0 Å². The van der Waals surface area contributed by atoms with Crippen molar-refractivity contribution in [2.45, 2.75) is 19.8 Å². The average Bonchev–Trinajstić information content (AvgIpc) is 2.39. The molecule has 94 valence electrons. The van der Waals surface area contributed by atoms with Crippen LogP contribution in [0.4, 0.5) is 0 Å². The third-order valence-corrected chi connectivity index (χ3v) is 2.78. The van der Waals surface area contributed by atoms with Crippen molar-refractivity contribution >= 4 is 0 Å². The summed E-state index contributed by atoms with van der Waals surface area (Å²) in [5.74, 6) is 1.63. The van der Waals surface area contributed by atoms with E-state index in [0.29, 0.717) is 6.42 Å². The Morgan fingerprint density at radius 3 is 2.24 bits per heavy atom. The number of aliphatic hydroxyl groups is 1. The molecule has 0 saturated carbocycles. The van der Waals surface area contributed by atoms with E-state index in [0.717, 1.165) is 29.1 Å². The van der Waals surface area contributed by atoms with Gasteiger partial charge in [0.25, 0.3) is 0 Å². The van der Waals surface area contributed by atoms with Gasteiger partial charge in [-0.05, 0) is 30.5 Å². The van der Waals surface area contributed by atoms with Gasteiger partial charge >= 0.3 is 0 Å². The second-order valence-corrected chi connectivity index (χ2v) is 3.72. The quantitative estimate of drug-likeness (QED) is 0.771. The lowest BCUT2D eigenvalue weighted by Gasteiger charge is -2.11. The van der Waals surface area contributed by atoms with Crippen molar-refractivity contribution in [1.29, 1.82) is 0 Å². The van der Waals surface area contributed by atoms with Gasteiger partial charge in [-0.25, -0.2) is 0 Å². The van der Waals surface area contributed by atoms with Gasteiger partial charge in [0.2, 0.25) is 0 Å². The summed E-state index contributed by atoms with van der Waals surface area (Å²) in [6.07, 6.45) is 3.59. The van der Waals surface area contributed by atoms with Crippen LogP contribution in [0.15, 0.2) is 29.8 Å². The fraction of sp³-hybridized carbons (Fsp3) is 0.429. The molecule has 0 heterocycles.